The first kappa shape index (κ1) is 26.4. The fourth-order valence-corrected chi connectivity index (χ4v) is 4.80. The molecule has 0 aliphatic carbocycles. The fourth-order valence-electron chi connectivity index (χ4n) is 4.54. The van der Waals surface area contributed by atoms with Gasteiger partial charge in [0.2, 0.25) is 5.91 Å². The molecule has 0 spiro atoms. The smallest absolute Gasteiger partial charge is 0.240 e. The van der Waals surface area contributed by atoms with Crippen molar-refractivity contribution in [2.45, 2.75) is 18.9 Å². The summed E-state index contributed by atoms with van der Waals surface area (Å²) < 4.78 is 3.22. The van der Waals surface area contributed by atoms with E-state index in [1.54, 1.807) is 6.21 Å². The van der Waals surface area contributed by atoms with Gasteiger partial charge in [-0.05, 0) is 53.4 Å². The molecule has 5 rings (SSSR count). The summed E-state index contributed by atoms with van der Waals surface area (Å²) in [6.07, 6.45) is 1.47. The molecule has 5 aromatic rings. The van der Waals surface area contributed by atoms with E-state index in [2.05, 4.69) is 73.5 Å². The van der Waals surface area contributed by atoms with Gasteiger partial charge >= 0.3 is 0 Å². The van der Waals surface area contributed by atoms with Gasteiger partial charge in [0.25, 0.3) is 0 Å². The van der Waals surface area contributed by atoms with Gasteiger partial charge in [-0.25, -0.2) is 5.43 Å². The lowest BCUT2D eigenvalue weighted by Gasteiger charge is -2.15. The molecule has 0 aliphatic rings. The monoisotopic (exact) mass is 577 g/mol. The number of nitrogens with one attached hydrogen (secondary N) is 1. The van der Waals surface area contributed by atoms with E-state index in [0.717, 1.165) is 43.8 Å². The Labute approximate surface area is 236 Å². The molecular formula is C33H28BrN3O2. The molecule has 0 unspecified atom stereocenters. The topological polar surface area (TPSA) is 66.6 Å². The highest BCUT2D eigenvalue weighted by atomic mass is 79.9. The maximum Gasteiger partial charge on any atom is 0.240 e. The number of nitrogens with zero attached hydrogens (tertiary/aromatic N) is 2. The summed E-state index contributed by atoms with van der Waals surface area (Å²) in [4.78, 5) is 12.5. The summed E-state index contributed by atoms with van der Waals surface area (Å²) in [5.41, 5.74) is 9.38. The van der Waals surface area contributed by atoms with Crippen LogP contribution in [0, 0.1) is 0 Å². The number of amides is 1. The van der Waals surface area contributed by atoms with Crippen molar-refractivity contribution in [3.8, 4) is 28.2 Å². The van der Waals surface area contributed by atoms with Gasteiger partial charge in [0.15, 0.2) is 0 Å². The van der Waals surface area contributed by atoms with Crippen LogP contribution in [0.3, 0.4) is 0 Å². The summed E-state index contributed by atoms with van der Waals surface area (Å²) in [6, 6.07) is 40.0. The zero-order valence-corrected chi connectivity index (χ0v) is 22.8. The van der Waals surface area contributed by atoms with Gasteiger partial charge in [-0.3, -0.25) is 4.79 Å². The second-order valence-electron chi connectivity index (χ2n) is 9.14. The van der Waals surface area contributed by atoms with Gasteiger partial charge in [-0.15, -0.1) is 0 Å². The lowest BCUT2D eigenvalue weighted by molar-refractivity contribution is -0.121. The highest BCUT2D eigenvalue weighted by molar-refractivity contribution is 9.10. The first-order chi connectivity index (χ1) is 19.1. The summed E-state index contributed by atoms with van der Waals surface area (Å²) >= 11 is 3.55. The van der Waals surface area contributed by atoms with Crippen molar-refractivity contribution in [2.24, 2.45) is 5.10 Å². The van der Waals surface area contributed by atoms with E-state index in [9.17, 15) is 9.90 Å². The standard InChI is InChI=1S/C33H28BrN3O2/c34-28-16-18-29(19-17-28)37-30(24-10-4-1-5-11-24)22-27(33(37)26-14-8-3-9-15-26)23-35-36-32(39)21-20-31(38)25-12-6-2-7-13-25/h1-19,22-23,31,38H,20-21H2,(H,36,39)/b35-23-/t31-/m1/s1. The van der Waals surface area contributed by atoms with Crippen LogP contribution in [0.5, 0.6) is 0 Å². The lowest BCUT2D eigenvalue weighted by atomic mass is 10.1. The molecule has 0 saturated heterocycles. The van der Waals surface area contributed by atoms with Crippen LogP contribution < -0.4 is 5.43 Å². The minimum atomic E-state index is -0.695. The average molecular weight is 579 g/mol. The Bertz CT molecular complexity index is 1550. The molecule has 2 N–H and O–H groups in total. The Hall–Kier alpha value is -4.26. The van der Waals surface area contributed by atoms with Crippen molar-refractivity contribution >= 4 is 28.1 Å². The third kappa shape index (κ3) is 6.42. The minimum Gasteiger partial charge on any atom is -0.388 e. The third-order valence-corrected chi connectivity index (χ3v) is 6.98. The van der Waals surface area contributed by atoms with Crippen molar-refractivity contribution in [3.63, 3.8) is 0 Å². The van der Waals surface area contributed by atoms with E-state index >= 15 is 0 Å². The van der Waals surface area contributed by atoms with Gasteiger partial charge in [0.05, 0.1) is 23.7 Å². The molecule has 0 radical (unpaired) electrons. The molecule has 0 bridgehead atoms. The number of hydrogen-bond acceptors (Lipinski definition) is 3. The first-order valence-electron chi connectivity index (χ1n) is 12.8. The summed E-state index contributed by atoms with van der Waals surface area (Å²) in [6.45, 7) is 0. The molecule has 5 nitrogen and oxygen atoms in total. The van der Waals surface area contributed by atoms with E-state index in [1.165, 1.54) is 0 Å². The number of aromatic nitrogens is 1. The summed E-state index contributed by atoms with van der Waals surface area (Å²) in [5.74, 6) is -0.252. The van der Waals surface area contributed by atoms with E-state index in [4.69, 9.17) is 0 Å². The lowest BCUT2D eigenvalue weighted by Crippen LogP contribution is -2.18. The van der Waals surface area contributed by atoms with Crippen LogP contribution >= 0.6 is 15.9 Å². The third-order valence-electron chi connectivity index (χ3n) is 6.45. The Morgan fingerprint density at radius 2 is 1.44 bits per heavy atom. The number of carbonyl (C=O) groups is 1. The summed E-state index contributed by atoms with van der Waals surface area (Å²) in [5, 5.41) is 14.7. The van der Waals surface area contributed by atoms with Crippen molar-refractivity contribution in [3.05, 3.63) is 137 Å². The number of hydrazone groups is 1. The molecule has 0 aliphatic heterocycles. The molecule has 1 heterocycles. The number of hydrogen-bond donors (Lipinski definition) is 2. The molecule has 1 aromatic heterocycles. The zero-order valence-electron chi connectivity index (χ0n) is 21.2. The molecule has 0 saturated carbocycles. The van der Waals surface area contributed by atoms with Crippen LogP contribution in [0.4, 0.5) is 0 Å². The number of halogens is 1. The molecule has 1 atom stereocenters. The van der Waals surface area contributed by atoms with Gasteiger partial charge in [-0.2, -0.15) is 5.10 Å². The number of aliphatic hydroxyl groups is 1. The van der Waals surface area contributed by atoms with Gasteiger partial charge in [0, 0.05) is 22.1 Å². The highest BCUT2D eigenvalue weighted by Gasteiger charge is 2.19. The van der Waals surface area contributed by atoms with E-state index in [0.29, 0.717) is 6.42 Å². The second kappa shape index (κ2) is 12.5. The molecule has 1 amide bonds. The van der Waals surface area contributed by atoms with Gasteiger partial charge in [0.1, 0.15) is 0 Å². The minimum absolute atomic E-state index is 0.161. The van der Waals surface area contributed by atoms with E-state index < -0.39 is 6.10 Å². The Balaban J connectivity index is 1.46. The normalized spacial score (nSPS) is 11.9. The summed E-state index contributed by atoms with van der Waals surface area (Å²) in [7, 11) is 0. The SMILES string of the molecule is O=C(CC[C@@H](O)c1ccccc1)N/N=C\c1cc(-c2ccccc2)n(-c2ccc(Br)cc2)c1-c1ccccc1. The maximum atomic E-state index is 12.5. The van der Waals surface area contributed by atoms with Crippen LogP contribution in [0.25, 0.3) is 28.2 Å². The Morgan fingerprint density at radius 1 is 0.846 bits per heavy atom. The van der Waals surface area contributed by atoms with Crippen LogP contribution in [-0.2, 0) is 4.79 Å². The van der Waals surface area contributed by atoms with Gasteiger partial charge < -0.3 is 9.67 Å². The molecule has 6 heteroatoms. The van der Waals surface area contributed by atoms with Crippen molar-refractivity contribution < 1.29 is 9.90 Å². The van der Waals surface area contributed by atoms with Crippen LogP contribution in [0.15, 0.2) is 131 Å². The predicted octanol–water partition coefficient (Wildman–Crippen LogP) is 7.54. The van der Waals surface area contributed by atoms with Crippen molar-refractivity contribution in [2.75, 3.05) is 0 Å². The zero-order chi connectivity index (χ0) is 27.0. The molecular weight excluding hydrogens is 550 g/mol. The number of aliphatic hydroxyl groups excluding tert-OH is 1. The molecule has 39 heavy (non-hydrogen) atoms. The molecule has 194 valence electrons. The number of benzene rings is 4. The van der Waals surface area contributed by atoms with Crippen molar-refractivity contribution in [1.82, 2.24) is 9.99 Å². The largest absolute Gasteiger partial charge is 0.388 e. The molecule has 0 fully saturated rings. The Kier molecular flexibility index (Phi) is 8.46. The van der Waals surface area contributed by atoms with Crippen LogP contribution in [0.2, 0.25) is 0 Å². The quantitative estimate of drug-likeness (QED) is 0.140. The Morgan fingerprint density at radius 3 is 2.08 bits per heavy atom. The van der Waals surface area contributed by atoms with Gasteiger partial charge in [-0.1, -0.05) is 107 Å². The maximum absolute atomic E-state index is 12.5. The van der Waals surface area contributed by atoms with Crippen molar-refractivity contribution in [1.29, 1.82) is 0 Å². The first-order valence-corrected chi connectivity index (χ1v) is 13.6. The number of carbonyl (C=O) groups excluding carboxylic acids is 1. The van der Waals surface area contributed by atoms with Crippen LogP contribution in [0.1, 0.15) is 30.1 Å². The predicted molar refractivity (Wildman–Crippen MR) is 161 cm³/mol. The van der Waals surface area contributed by atoms with E-state index in [-0.39, 0.29) is 12.3 Å². The van der Waals surface area contributed by atoms with Crippen LogP contribution in [-0.4, -0.2) is 21.8 Å². The average Bonchev–Trinajstić information content (AvgIpc) is 3.37. The molecule has 4 aromatic carbocycles. The highest BCUT2D eigenvalue weighted by Crippen LogP contribution is 2.35. The van der Waals surface area contributed by atoms with E-state index in [1.807, 2.05) is 78.9 Å². The second-order valence-corrected chi connectivity index (χ2v) is 10.1. The number of rotatable bonds is 9. The fraction of sp³-hybridized carbons (Fsp3) is 0.0909.